The zero-order chi connectivity index (χ0) is 8.55. The molecule has 1 aromatic rings. The van der Waals surface area contributed by atoms with Crippen LogP contribution < -0.4 is 5.73 Å². The van der Waals surface area contributed by atoms with E-state index in [1.165, 1.54) is 12.8 Å². The number of phenols is 1. The molecular formula is C10H14ClNO. The summed E-state index contributed by atoms with van der Waals surface area (Å²) in [4.78, 5) is 0. The van der Waals surface area contributed by atoms with E-state index in [1.807, 2.05) is 12.1 Å². The van der Waals surface area contributed by atoms with Crippen molar-refractivity contribution in [3.63, 3.8) is 0 Å². The van der Waals surface area contributed by atoms with Gasteiger partial charge in [-0.1, -0.05) is 12.1 Å². The molecule has 1 aliphatic rings. The van der Waals surface area contributed by atoms with Gasteiger partial charge >= 0.3 is 0 Å². The minimum atomic E-state index is 0. The molecule has 0 spiro atoms. The van der Waals surface area contributed by atoms with Crippen molar-refractivity contribution < 1.29 is 5.11 Å². The standard InChI is InChI=1S/C10H13NO.ClH/c11-10(7-4-5-7)8-2-1-3-9(12)6-8;/h1-3,6-7,10,12H,4-5,11H2;1H/t10-;/m1./s1. The number of hydrogen-bond donors (Lipinski definition) is 2. The molecule has 1 aliphatic carbocycles. The van der Waals surface area contributed by atoms with Gasteiger partial charge in [-0.2, -0.15) is 0 Å². The Hall–Kier alpha value is -0.730. The van der Waals surface area contributed by atoms with Crippen molar-refractivity contribution in [3.8, 4) is 5.75 Å². The maximum absolute atomic E-state index is 9.21. The predicted molar refractivity (Wildman–Crippen MR) is 55.0 cm³/mol. The first kappa shape index (κ1) is 10.4. The van der Waals surface area contributed by atoms with Gasteiger partial charge in [-0.15, -0.1) is 12.4 Å². The van der Waals surface area contributed by atoms with Gasteiger partial charge in [0.2, 0.25) is 0 Å². The van der Waals surface area contributed by atoms with Crippen LogP contribution in [0.3, 0.4) is 0 Å². The third-order valence-corrected chi connectivity index (χ3v) is 2.38. The zero-order valence-electron chi connectivity index (χ0n) is 7.31. The molecule has 0 aromatic heterocycles. The molecule has 0 aliphatic heterocycles. The maximum atomic E-state index is 9.21. The van der Waals surface area contributed by atoms with Crippen LogP contribution in [-0.4, -0.2) is 5.11 Å². The molecule has 3 heteroatoms. The lowest BCUT2D eigenvalue weighted by molar-refractivity contribution is 0.473. The summed E-state index contributed by atoms with van der Waals surface area (Å²) in [6.45, 7) is 0. The van der Waals surface area contributed by atoms with E-state index in [0.29, 0.717) is 11.7 Å². The van der Waals surface area contributed by atoms with E-state index in [2.05, 4.69) is 0 Å². The van der Waals surface area contributed by atoms with E-state index in [9.17, 15) is 5.11 Å². The Morgan fingerprint density at radius 1 is 1.38 bits per heavy atom. The zero-order valence-corrected chi connectivity index (χ0v) is 8.13. The fourth-order valence-electron chi connectivity index (χ4n) is 1.46. The lowest BCUT2D eigenvalue weighted by atomic mass is 10.0. The molecule has 1 aromatic carbocycles. The summed E-state index contributed by atoms with van der Waals surface area (Å²) >= 11 is 0. The number of hydrogen-bond acceptors (Lipinski definition) is 2. The first-order valence-corrected chi connectivity index (χ1v) is 4.32. The molecule has 13 heavy (non-hydrogen) atoms. The van der Waals surface area contributed by atoms with Gasteiger partial charge in [0.05, 0.1) is 0 Å². The fraction of sp³-hybridized carbons (Fsp3) is 0.400. The summed E-state index contributed by atoms with van der Waals surface area (Å²) in [5.41, 5.74) is 7.01. The van der Waals surface area contributed by atoms with Gasteiger partial charge in [0.1, 0.15) is 5.75 Å². The summed E-state index contributed by atoms with van der Waals surface area (Å²) < 4.78 is 0. The maximum Gasteiger partial charge on any atom is 0.115 e. The minimum absolute atomic E-state index is 0. The fourth-order valence-corrected chi connectivity index (χ4v) is 1.46. The highest BCUT2D eigenvalue weighted by Crippen LogP contribution is 2.39. The van der Waals surface area contributed by atoms with E-state index in [1.54, 1.807) is 12.1 Å². The molecule has 1 fully saturated rings. The second-order valence-corrected chi connectivity index (χ2v) is 3.46. The van der Waals surface area contributed by atoms with Crippen molar-refractivity contribution in [2.24, 2.45) is 11.7 Å². The van der Waals surface area contributed by atoms with Crippen LogP contribution in [0, 0.1) is 5.92 Å². The van der Waals surface area contributed by atoms with Crippen LogP contribution >= 0.6 is 12.4 Å². The largest absolute Gasteiger partial charge is 0.508 e. The average molecular weight is 200 g/mol. The van der Waals surface area contributed by atoms with E-state index < -0.39 is 0 Å². The lowest BCUT2D eigenvalue weighted by Gasteiger charge is -2.10. The molecule has 2 rings (SSSR count). The topological polar surface area (TPSA) is 46.2 Å². The highest BCUT2D eigenvalue weighted by atomic mass is 35.5. The first-order valence-electron chi connectivity index (χ1n) is 4.32. The average Bonchev–Trinajstić information content (AvgIpc) is 2.85. The van der Waals surface area contributed by atoms with Crippen LogP contribution in [0.4, 0.5) is 0 Å². The Labute approximate surface area is 84.2 Å². The lowest BCUT2D eigenvalue weighted by Crippen LogP contribution is -2.11. The third kappa shape index (κ3) is 2.36. The van der Waals surface area contributed by atoms with Crippen molar-refractivity contribution in [2.75, 3.05) is 0 Å². The normalized spacial score (nSPS) is 17.6. The minimum Gasteiger partial charge on any atom is -0.508 e. The molecule has 1 atom stereocenters. The molecule has 0 unspecified atom stereocenters. The molecule has 0 bridgehead atoms. The Morgan fingerprint density at radius 3 is 2.62 bits per heavy atom. The van der Waals surface area contributed by atoms with Crippen LogP contribution in [-0.2, 0) is 0 Å². The SMILES string of the molecule is Cl.N[C@@H](c1cccc(O)c1)C1CC1. The smallest absolute Gasteiger partial charge is 0.115 e. The number of nitrogens with two attached hydrogens (primary N) is 1. The summed E-state index contributed by atoms with van der Waals surface area (Å²) in [6, 6.07) is 7.36. The number of aromatic hydroxyl groups is 1. The van der Waals surface area contributed by atoms with Gasteiger partial charge in [-0.3, -0.25) is 0 Å². The quantitative estimate of drug-likeness (QED) is 0.768. The van der Waals surface area contributed by atoms with Gasteiger partial charge in [0.15, 0.2) is 0 Å². The molecule has 72 valence electrons. The van der Waals surface area contributed by atoms with E-state index in [4.69, 9.17) is 5.73 Å². The Balaban J connectivity index is 0.000000845. The molecule has 0 amide bonds. The highest BCUT2D eigenvalue weighted by molar-refractivity contribution is 5.85. The van der Waals surface area contributed by atoms with Crippen molar-refractivity contribution in [1.29, 1.82) is 0 Å². The second-order valence-electron chi connectivity index (χ2n) is 3.46. The summed E-state index contributed by atoms with van der Waals surface area (Å²) in [5, 5.41) is 9.21. The second kappa shape index (κ2) is 3.99. The van der Waals surface area contributed by atoms with Gasteiger partial charge in [-0.25, -0.2) is 0 Å². The number of benzene rings is 1. The molecule has 0 heterocycles. The summed E-state index contributed by atoms with van der Waals surface area (Å²) in [5.74, 6) is 0.954. The van der Waals surface area contributed by atoms with Crippen LogP contribution in [0.1, 0.15) is 24.4 Å². The van der Waals surface area contributed by atoms with Crippen molar-refractivity contribution in [2.45, 2.75) is 18.9 Å². The number of halogens is 1. The summed E-state index contributed by atoms with van der Waals surface area (Å²) in [6.07, 6.45) is 2.47. The van der Waals surface area contributed by atoms with E-state index >= 15 is 0 Å². The van der Waals surface area contributed by atoms with Crippen molar-refractivity contribution in [1.82, 2.24) is 0 Å². The third-order valence-electron chi connectivity index (χ3n) is 2.38. The molecule has 0 saturated heterocycles. The van der Waals surface area contributed by atoms with Crippen molar-refractivity contribution >= 4 is 12.4 Å². The van der Waals surface area contributed by atoms with Crippen LogP contribution in [0.5, 0.6) is 5.75 Å². The van der Waals surface area contributed by atoms with E-state index in [0.717, 1.165) is 5.56 Å². The predicted octanol–water partition coefficient (Wildman–Crippen LogP) is 2.22. The number of phenolic OH excluding ortho intramolecular Hbond substituents is 1. The first-order chi connectivity index (χ1) is 5.77. The van der Waals surface area contributed by atoms with Crippen LogP contribution in [0.15, 0.2) is 24.3 Å². The molecule has 3 N–H and O–H groups in total. The monoisotopic (exact) mass is 199 g/mol. The highest BCUT2D eigenvalue weighted by Gasteiger charge is 2.29. The molecule has 2 nitrogen and oxygen atoms in total. The van der Waals surface area contributed by atoms with Crippen LogP contribution in [0.2, 0.25) is 0 Å². The van der Waals surface area contributed by atoms with Gasteiger partial charge in [-0.05, 0) is 36.5 Å². The molecule has 1 saturated carbocycles. The van der Waals surface area contributed by atoms with Gasteiger partial charge in [0, 0.05) is 6.04 Å². The Kier molecular flexibility index (Phi) is 3.17. The number of rotatable bonds is 2. The van der Waals surface area contributed by atoms with Crippen LogP contribution in [0.25, 0.3) is 0 Å². The Morgan fingerprint density at radius 2 is 2.08 bits per heavy atom. The summed E-state index contributed by atoms with van der Waals surface area (Å²) in [7, 11) is 0. The van der Waals surface area contributed by atoms with Gasteiger partial charge < -0.3 is 10.8 Å². The van der Waals surface area contributed by atoms with Gasteiger partial charge in [0.25, 0.3) is 0 Å². The Bertz CT molecular complexity index is 286. The molecular weight excluding hydrogens is 186 g/mol. The van der Waals surface area contributed by atoms with E-state index in [-0.39, 0.29) is 18.4 Å². The van der Waals surface area contributed by atoms with Crippen molar-refractivity contribution in [3.05, 3.63) is 29.8 Å². The molecule has 0 radical (unpaired) electrons.